The number of carbonyl (C=O) groups is 3. The summed E-state index contributed by atoms with van der Waals surface area (Å²) in [6, 6.07) is 13.9. The molecule has 1 fully saturated rings. The monoisotopic (exact) mass is 497 g/mol. The molecule has 6 nitrogen and oxygen atoms in total. The van der Waals surface area contributed by atoms with Gasteiger partial charge in [0.25, 0.3) is 11.8 Å². The Hall–Kier alpha value is -2.93. The van der Waals surface area contributed by atoms with Crippen molar-refractivity contribution in [2.75, 3.05) is 19.6 Å². The van der Waals surface area contributed by atoms with Gasteiger partial charge >= 0.3 is 0 Å². The third kappa shape index (κ3) is 6.07. The van der Waals surface area contributed by atoms with E-state index in [-0.39, 0.29) is 23.6 Å². The predicted octanol–water partition coefficient (Wildman–Crippen LogP) is 3.71. The minimum atomic E-state index is -0.675. The fraction of sp³-hybridized carbons (Fsp3) is 0.320. The summed E-state index contributed by atoms with van der Waals surface area (Å²) < 4.78 is 0.857. The van der Waals surface area contributed by atoms with Crippen LogP contribution < -0.4 is 10.6 Å². The Morgan fingerprint density at radius 3 is 2.47 bits per heavy atom. The number of likely N-dealkylation sites (tertiary alicyclic amines) is 1. The van der Waals surface area contributed by atoms with Crippen LogP contribution in [0.5, 0.6) is 0 Å². The molecule has 1 aliphatic heterocycles. The van der Waals surface area contributed by atoms with Crippen LogP contribution >= 0.6 is 15.9 Å². The van der Waals surface area contributed by atoms with E-state index in [1.54, 1.807) is 29.2 Å². The molecule has 1 aliphatic rings. The standard InChI is InChI=1S/C25H28BrN3O3/c1-3-12-27-24(31)22(28-23(30)19-7-4-6-17(2)15-19)18-10-13-29(14-11-18)25(32)20-8-5-9-21(26)16-20/h3-9,15-16,18,22H,1,10-14H2,2H3,(H,27,31)(H,28,30)/t22-/m0/s1. The second kappa shape index (κ2) is 11.1. The number of benzene rings is 2. The van der Waals surface area contributed by atoms with Gasteiger partial charge in [0.1, 0.15) is 6.04 Å². The molecule has 7 heteroatoms. The van der Waals surface area contributed by atoms with Crippen LogP contribution in [-0.4, -0.2) is 48.3 Å². The van der Waals surface area contributed by atoms with Gasteiger partial charge in [0.2, 0.25) is 5.91 Å². The Kier molecular flexibility index (Phi) is 8.22. The summed E-state index contributed by atoms with van der Waals surface area (Å²) in [5.41, 5.74) is 2.13. The van der Waals surface area contributed by atoms with E-state index in [0.717, 1.165) is 10.0 Å². The van der Waals surface area contributed by atoms with E-state index in [2.05, 4.69) is 33.1 Å². The average molecular weight is 498 g/mol. The topological polar surface area (TPSA) is 78.5 Å². The third-order valence-corrected chi connectivity index (χ3v) is 6.13. The molecule has 1 atom stereocenters. The number of amides is 3. The summed E-state index contributed by atoms with van der Waals surface area (Å²) in [4.78, 5) is 40.3. The minimum Gasteiger partial charge on any atom is -0.351 e. The summed E-state index contributed by atoms with van der Waals surface area (Å²) in [6.07, 6.45) is 2.86. The first-order valence-electron chi connectivity index (χ1n) is 10.7. The maximum absolute atomic E-state index is 12.9. The molecular weight excluding hydrogens is 470 g/mol. The summed E-state index contributed by atoms with van der Waals surface area (Å²) in [6.45, 7) is 6.95. The molecule has 2 N–H and O–H groups in total. The van der Waals surface area contributed by atoms with Gasteiger partial charge in [-0.3, -0.25) is 14.4 Å². The Morgan fingerprint density at radius 2 is 1.81 bits per heavy atom. The lowest BCUT2D eigenvalue weighted by Crippen LogP contribution is -2.53. The number of rotatable bonds is 7. The first-order chi connectivity index (χ1) is 15.4. The van der Waals surface area contributed by atoms with Crippen molar-refractivity contribution in [2.45, 2.75) is 25.8 Å². The summed E-state index contributed by atoms with van der Waals surface area (Å²) >= 11 is 3.40. The molecule has 0 unspecified atom stereocenters. The van der Waals surface area contributed by atoms with E-state index in [1.165, 1.54) is 0 Å². The summed E-state index contributed by atoms with van der Waals surface area (Å²) in [7, 11) is 0. The van der Waals surface area contributed by atoms with Gasteiger partial charge in [-0.1, -0.05) is 45.8 Å². The van der Waals surface area contributed by atoms with Gasteiger partial charge in [-0.2, -0.15) is 0 Å². The van der Waals surface area contributed by atoms with Gasteiger partial charge in [0, 0.05) is 35.2 Å². The van der Waals surface area contributed by atoms with E-state index in [4.69, 9.17) is 0 Å². The number of aryl methyl sites for hydroxylation is 1. The molecule has 1 saturated heterocycles. The lowest BCUT2D eigenvalue weighted by atomic mass is 9.88. The predicted molar refractivity (Wildman–Crippen MR) is 128 cm³/mol. The normalized spacial score (nSPS) is 15.0. The lowest BCUT2D eigenvalue weighted by molar-refractivity contribution is -0.124. The molecule has 2 aromatic rings. The molecule has 168 valence electrons. The van der Waals surface area contributed by atoms with E-state index in [9.17, 15) is 14.4 Å². The van der Waals surface area contributed by atoms with Gasteiger partial charge in [0.05, 0.1) is 0 Å². The number of nitrogens with one attached hydrogen (secondary N) is 2. The first kappa shape index (κ1) is 23.7. The van der Waals surface area contributed by atoms with Crippen LogP contribution in [-0.2, 0) is 4.79 Å². The molecule has 0 bridgehead atoms. The second-order valence-corrected chi connectivity index (χ2v) is 8.91. The van der Waals surface area contributed by atoms with Gasteiger partial charge in [-0.05, 0) is 56.0 Å². The van der Waals surface area contributed by atoms with Crippen molar-refractivity contribution in [1.82, 2.24) is 15.5 Å². The number of piperidine rings is 1. The van der Waals surface area contributed by atoms with E-state index >= 15 is 0 Å². The maximum Gasteiger partial charge on any atom is 0.253 e. The Bertz CT molecular complexity index is 999. The highest BCUT2D eigenvalue weighted by Crippen LogP contribution is 2.24. The van der Waals surface area contributed by atoms with Crippen LogP contribution in [0.2, 0.25) is 0 Å². The molecule has 32 heavy (non-hydrogen) atoms. The van der Waals surface area contributed by atoms with Crippen molar-refractivity contribution in [3.05, 3.63) is 82.3 Å². The number of hydrogen-bond acceptors (Lipinski definition) is 3. The van der Waals surface area contributed by atoms with Gasteiger partial charge in [-0.25, -0.2) is 0 Å². The number of carbonyl (C=O) groups excluding carboxylic acids is 3. The molecule has 0 aliphatic carbocycles. The van der Waals surface area contributed by atoms with Crippen molar-refractivity contribution in [1.29, 1.82) is 0 Å². The summed E-state index contributed by atoms with van der Waals surface area (Å²) in [5.74, 6) is -0.607. The fourth-order valence-electron chi connectivity index (χ4n) is 3.93. The Morgan fingerprint density at radius 1 is 1.12 bits per heavy atom. The molecule has 1 heterocycles. The highest BCUT2D eigenvalue weighted by atomic mass is 79.9. The zero-order valence-corrected chi connectivity index (χ0v) is 19.7. The zero-order chi connectivity index (χ0) is 23.1. The molecule has 3 amide bonds. The average Bonchev–Trinajstić information content (AvgIpc) is 2.80. The smallest absolute Gasteiger partial charge is 0.253 e. The molecule has 2 aromatic carbocycles. The van der Waals surface area contributed by atoms with Crippen molar-refractivity contribution in [2.24, 2.45) is 5.92 Å². The van der Waals surface area contributed by atoms with E-state index in [0.29, 0.717) is 43.6 Å². The minimum absolute atomic E-state index is 0.0267. The van der Waals surface area contributed by atoms with Crippen LogP contribution in [0.4, 0.5) is 0 Å². The number of halogens is 1. The molecular formula is C25H28BrN3O3. The molecule has 0 spiro atoms. The van der Waals surface area contributed by atoms with Gasteiger partial charge in [-0.15, -0.1) is 6.58 Å². The third-order valence-electron chi connectivity index (χ3n) is 5.64. The van der Waals surface area contributed by atoms with E-state index < -0.39 is 6.04 Å². The van der Waals surface area contributed by atoms with Crippen LogP contribution in [0, 0.1) is 12.8 Å². The van der Waals surface area contributed by atoms with Gasteiger partial charge < -0.3 is 15.5 Å². The second-order valence-electron chi connectivity index (χ2n) is 7.99. The van der Waals surface area contributed by atoms with Crippen molar-refractivity contribution in [3.63, 3.8) is 0 Å². The largest absolute Gasteiger partial charge is 0.351 e. The molecule has 0 aromatic heterocycles. The zero-order valence-electron chi connectivity index (χ0n) is 18.1. The quantitative estimate of drug-likeness (QED) is 0.572. The summed E-state index contributed by atoms with van der Waals surface area (Å²) in [5, 5.41) is 5.73. The first-order valence-corrected chi connectivity index (χ1v) is 11.5. The van der Waals surface area contributed by atoms with Crippen LogP contribution in [0.1, 0.15) is 39.1 Å². The Labute approximate surface area is 197 Å². The van der Waals surface area contributed by atoms with Crippen LogP contribution in [0.25, 0.3) is 0 Å². The van der Waals surface area contributed by atoms with E-state index in [1.807, 2.05) is 37.3 Å². The Balaban J connectivity index is 1.69. The highest BCUT2D eigenvalue weighted by Gasteiger charge is 2.34. The van der Waals surface area contributed by atoms with Crippen molar-refractivity contribution >= 4 is 33.7 Å². The van der Waals surface area contributed by atoms with Crippen LogP contribution in [0.15, 0.2) is 65.7 Å². The molecule has 0 saturated carbocycles. The number of hydrogen-bond donors (Lipinski definition) is 2. The lowest BCUT2D eigenvalue weighted by Gasteiger charge is -2.36. The van der Waals surface area contributed by atoms with Crippen molar-refractivity contribution in [3.8, 4) is 0 Å². The number of nitrogens with zero attached hydrogens (tertiary/aromatic N) is 1. The van der Waals surface area contributed by atoms with Crippen LogP contribution in [0.3, 0.4) is 0 Å². The van der Waals surface area contributed by atoms with Crippen molar-refractivity contribution < 1.29 is 14.4 Å². The highest BCUT2D eigenvalue weighted by molar-refractivity contribution is 9.10. The SMILES string of the molecule is C=CCNC(=O)[C@@H](NC(=O)c1cccc(C)c1)C1CCN(C(=O)c2cccc(Br)c2)CC1. The van der Waals surface area contributed by atoms with Gasteiger partial charge in [0.15, 0.2) is 0 Å². The maximum atomic E-state index is 12.9. The molecule has 3 rings (SSSR count). The fourth-order valence-corrected chi connectivity index (χ4v) is 4.33. The molecule has 0 radical (unpaired) electrons.